The quantitative estimate of drug-likeness (QED) is 0.135. The molecule has 0 aliphatic carbocycles. The number of amides is 2. The highest BCUT2D eigenvalue weighted by Crippen LogP contribution is 2.37. The zero-order valence-corrected chi connectivity index (χ0v) is 27.6. The van der Waals surface area contributed by atoms with Crippen molar-refractivity contribution in [1.29, 1.82) is 0 Å². The van der Waals surface area contributed by atoms with Crippen LogP contribution in [0.1, 0.15) is 75.4 Å². The highest BCUT2D eigenvalue weighted by molar-refractivity contribution is 7.80. The fraction of sp³-hybridized carbons (Fsp3) is 0.515. The van der Waals surface area contributed by atoms with Gasteiger partial charge in [0.15, 0.2) is 0 Å². The molecule has 46 heavy (non-hydrogen) atoms. The Kier molecular flexibility index (Phi) is 11.2. The molecule has 3 aliphatic rings. The first-order chi connectivity index (χ1) is 21.8. The van der Waals surface area contributed by atoms with Crippen molar-refractivity contribution in [2.24, 2.45) is 17.6 Å². The number of hydrogen-bond donors (Lipinski definition) is 9. The summed E-state index contributed by atoms with van der Waals surface area (Å²) in [5.74, 6) is -2.55. The largest absolute Gasteiger partial charge is 0.481 e. The Hall–Kier alpha value is -3.81. The highest BCUT2D eigenvalue weighted by atomic mass is 32.1. The van der Waals surface area contributed by atoms with Gasteiger partial charge in [-0.2, -0.15) is 12.6 Å². The number of aliphatic hydroxyl groups is 1. The number of aromatic nitrogens is 1. The Labute approximate surface area is 274 Å². The van der Waals surface area contributed by atoms with Crippen molar-refractivity contribution in [3.63, 3.8) is 0 Å². The van der Waals surface area contributed by atoms with Crippen LogP contribution in [0.5, 0.6) is 0 Å². The summed E-state index contributed by atoms with van der Waals surface area (Å²) in [5, 5.41) is 38.4. The number of nitrogens with one attached hydrogen (secondary N) is 4. The monoisotopic (exact) mass is 655 g/mol. The van der Waals surface area contributed by atoms with Crippen LogP contribution in [0.25, 0.3) is 12.2 Å². The van der Waals surface area contributed by atoms with Gasteiger partial charge < -0.3 is 42.0 Å². The first-order valence-electron chi connectivity index (χ1n) is 15.6. The molecule has 3 aliphatic heterocycles. The van der Waals surface area contributed by atoms with Gasteiger partial charge in [0.2, 0.25) is 11.8 Å². The summed E-state index contributed by atoms with van der Waals surface area (Å²) in [6.07, 6.45) is 4.92. The number of nitrogens with two attached hydrogens (primary N) is 1. The standard InChI is InChI=1S/C33H45N5O7S/c1-15-19(5-7-29(40)41)25(35-23(15)11-27-22(14-39)21(9-10-34)33(45)37-27)13-26-20(6-8-30(42)43)16(2)24(36-26)12-28-31(18(4)46)17(3)32(44)38-28/h12-13,17-18,23,27,31,35-36,39,46H,5-11,14,34H2,1-4H3,(H,37,45)(H,38,44)(H,40,41)(H,42,43)/b25-13-,28-12-/t17-,18?,23?,27-,31+/m1/s1. The third kappa shape index (κ3) is 7.42. The molecule has 4 heterocycles. The molecule has 0 saturated carbocycles. The summed E-state index contributed by atoms with van der Waals surface area (Å²) >= 11 is 4.62. The molecule has 250 valence electrons. The number of carbonyl (C=O) groups is 4. The van der Waals surface area contributed by atoms with Crippen molar-refractivity contribution >= 4 is 48.5 Å². The lowest BCUT2D eigenvalue weighted by molar-refractivity contribution is -0.138. The molecule has 4 rings (SSSR count). The smallest absolute Gasteiger partial charge is 0.303 e. The van der Waals surface area contributed by atoms with Crippen LogP contribution in [0.2, 0.25) is 0 Å². The number of hydrogen-bond acceptors (Lipinski definition) is 8. The molecular weight excluding hydrogens is 610 g/mol. The van der Waals surface area contributed by atoms with Crippen molar-refractivity contribution in [1.82, 2.24) is 20.9 Å². The number of carbonyl (C=O) groups excluding carboxylic acids is 2. The first kappa shape index (κ1) is 35.1. The summed E-state index contributed by atoms with van der Waals surface area (Å²) in [4.78, 5) is 51.7. The topological polar surface area (TPSA) is 207 Å². The molecule has 13 heteroatoms. The zero-order chi connectivity index (χ0) is 33.9. The predicted octanol–water partition coefficient (Wildman–Crippen LogP) is 2.40. The lowest BCUT2D eigenvalue weighted by atomic mass is 9.91. The van der Waals surface area contributed by atoms with E-state index in [9.17, 15) is 34.5 Å². The molecule has 0 aromatic carbocycles. The maximum absolute atomic E-state index is 12.6. The van der Waals surface area contributed by atoms with Gasteiger partial charge in [0.05, 0.1) is 12.6 Å². The van der Waals surface area contributed by atoms with Gasteiger partial charge in [0.1, 0.15) is 0 Å². The molecule has 1 aromatic heterocycles. The lowest BCUT2D eigenvalue weighted by Crippen LogP contribution is -2.37. The molecular formula is C33H45N5O7S. The lowest BCUT2D eigenvalue weighted by Gasteiger charge is -2.21. The maximum Gasteiger partial charge on any atom is 0.303 e. The van der Waals surface area contributed by atoms with E-state index >= 15 is 0 Å². The summed E-state index contributed by atoms with van der Waals surface area (Å²) in [5.41, 5.74) is 13.1. The van der Waals surface area contributed by atoms with Gasteiger partial charge in [0.25, 0.3) is 0 Å². The highest BCUT2D eigenvalue weighted by Gasteiger charge is 2.38. The molecule has 2 unspecified atom stereocenters. The number of aromatic amines is 1. The molecule has 1 fully saturated rings. The Balaban J connectivity index is 1.74. The van der Waals surface area contributed by atoms with E-state index in [1.165, 1.54) is 0 Å². The predicted molar refractivity (Wildman–Crippen MR) is 178 cm³/mol. The third-order valence-electron chi connectivity index (χ3n) is 9.39. The van der Waals surface area contributed by atoms with Crippen LogP contribution in [0.4, 0.5) is 0 Å². The van der Waals surface area contributed by atoms with Gasteiger partial charge in [-0.05, 0) is 86.1 Å². The number of thiol groups is 1. The van der Waals surface area contributed by atoms with Crippen molar-refractivity contribution in [2.45, 2.75) is 83.6 Å². The molecule has 0 spiro atoms. The van der Waals surface area contributed by atoms with Gasteiger partial charge in [-0.25, -0.2) is 0 Å². The summed E-state index contributed by atoms with van der Waals surface area (Å²) in [6.45, 7) is 7.65. The number of rotatable bonds is 14. The Morgan fingerprint density at radius 3 is 2.26 bits per heavy atom. The van der Waals surface area contributed by atoms with E-state index in [2.05, 4.69) is 33.6 Å². The Morgan fingerprint density at radius 2 is 1.65 bits per heavy atom. The molecule has 0 bridgehead atoms. The van der Waals surface area contributed by atoms with Crippen LogP contribution in [0.15, 0.2) is 33.7 Å². The Bertz CT molecular complexity index is 1540. The summed E-state index contributed by atoms with van der Waals surface area (Å²) in [6, 6.07) is -0.665. The molecule has 2 amide bonds. The molecule has 12 nitrogen and oxygen atoms in total. The van der Waals surface area contributed by atoms with Gasteiger partial charge in [-0.15, -0.1) is 0 Å². The van der Waals surface area contributed by atoms with Gasteiger partial charge in [-0.1, -0.05) is 13.8 Å². The van der Waals surface area contributed by atoms with E-state index < -0.39 is 18.0 Å². The van der Waals surface area contributed by atoms with Crippen LogP contribution < -0.4 is 21.7 Å². The molecule has 1 aromatic rings. The van der Waals surface area contributed by atoms with E-state index in [1.807, 2.05) is 39.8 Å². The number of aliphatic carboxylic acids is 2. The maximum atomic E-state index is 12.6. The number of carboxylic acids is 2. The molecule has 1 saturated heterocycles. The second-order valence-corrected chi connectivity index (χ2v) is 13.2. The number of carboxylic acid groups (broad SMARTS) is 2. The van der Waals surface area contributed by atoms with E-state index in [-0.39, 0.29) is 73.8 Å². The SMILES string of the molecule is CC1=C(CCC(=O)O)/C(=C/c2[nH]c(/C=C3\NC(=O)[C@H](C)[C@H]3C(C)S)c(C)c2CCC(=O)O)NC1C[C@H]1NC(=O)C(CCN)=C1CO. The minimum absolute atomic E-state index is 0.0764. The van der Waals surface area contributed by atoms with Crippen molar-refractivity contribution in [2.75, 3.05) is 13.2 Å². The van der Waals surface area contributed by atoms with E-state index in [4.69, 9.17) is 5.73 Å². The van der Waals surface area contributed by atoms with Crippen LogP contribution in [-0.4, -0.2) is 74.5 Å². The van der Waals surface area contributed by atoms with Crippen LogP contribution in [0.3, 0.4) is 0 Å². The van der Waals surface area contributed by atoms with Gasteiger partial charge >= 0.3 is 11.9 Å². The first-order valence-corrected chi connectivity index (χ1v) is 16.2. The number of H-pyrrole nitrogens is 1. The van der Waals surface area contributed by atoms with Crippen LogP contribution in [-0.2, 0) is 25.6 Å². The van der Waals surface area contributed by atoms with E-state index in [0.29, 0.717) is 35.4 Å². The molecule has 9 N–H and O–H groups in total. The normalized spacial score (nSPS) is 25.5. The van der Waals surface area contributed by atoms with Gasteiger partial charge in [0, 0.05) is 64.3 Å². The fourth-order valence-electron chi connectivity index (χ4n) is 6.87. The molecule has 5 atom stereocenters. The summed E-state index contributed by atoms with van der Waals surface area (Å²) < 4.78 is 0. The van der Waals surface area contributed by atoms with Crippen LogP contribution >= 0.6 is 12.6 Å². The second kappa shape index (κ2) is 14.7. The Morgan fingerprint density at radius 1 is 0.978 bits per heavy atom. The average molecular weight is 656 g/mol. The third-order valence-corrected chi connectivity index (χ3v) is 9.71. The second-order valence-electron chi connectivity index (χ2n) is 12.4. The fourth-order valence-corrected chi connectivity index (χ4v) is 7.28. The number of allylic oxidation sites excluding steroid dienone is 2. The zero-order valence-electron chi connectivity index (χ0n) is 26.7. The van der Waals surface area contributed by atoms with Crippen LogP contribution in [0, 0.1) is 18.8 Å². The van der Waals surface area contributed by atoms with Crippen molar-refractivity contribution in [3.05, 3.63) is 56.2 Å². The van der Waals surface area contributed by atoms with Crippen molar-refractivity contribution in [3.8, 4) is 0 Å². The minimum Gasteiger partial charge on any atom is -0.481 e. The minimum atomic E-state index is -0.935. The van der Waals surface area contributed by atoms with E-state index in [1.54, 1.807) is 0 Å². The van der Waals surface area contributed by atoms with Gasteiger partial charge in [-0.3, -0.25) is 19.2 Å². The molecule has 0 radical (unpaired) electrons. The average Bonchev–Trinajstić information content (AvgIpc) is 3.64. The van der Waals surface area contributed by atoms with Crippen molar-refractivity contribution < 1.29 is 34.5 Å². The number of aliphatic hydroxyl groups excluding tert-OH is 1. The van der Waals surface area contributed by atoms with E-state index in [0.717, 1.165) is 33.7 Å². The summed E-state index contributed by atoms with van der Waals surface area (Å²) in [7, 11) is 0.